The lowest BCUT2D eigenvalue weighted by atomic mass is 10.0. The van der Waals surface area contributed by atoms with Crippen molar-refractivity contribution in [1.82, 2.24) is 19.7 Å². The zero-order valence-corrected chi connectivity index (χ0v) is 14.5. The Bertz CT molecular complexity index is 758. The second-order valence-electron chi connectivity index (χ2n) is 6.03. The first-order valence-electron chi connectivity index (χ1n) is 8.16. The number of piperazine rings is 1. The lowest BCUT2D eigenvalue weighted by molar-refractivity contribution is -0.121. The van der Waals surface area contributed by atoms with Gasteiger partial charge in [0, 0.05) is 32.7 Å². The van der Waals surface area contributed by atoms with Gasteiger partial charge in [-0.25, -0.2) is 9.11 Å². The number of nitrogens with one attached hydrogen (secondary N) is 3. The van der Waals surface area contributed by atoms with Crippen molar-refractivity contribution in [2.45, 2.75) is 12.5 Å². The number of carbonyl (C=O) groups excluding carboxylic acids is 1. The van der Waals surface area contributed by atoms with E-state index in [4.69, 9.17) is 0 Å². The number of nitrogens with zero attached hydrogens (tertiary/aromatic N) is 1. The molecule has 3 rings (SSSR count). The van der Waals surface area contributed by atoms with E-state index in [0.29, 0.717) is 19.5 Å². The molecule has 2 heterocycles. The summed E-state index contributed by atoms with van der Waals surface area (Å²) in [4.78, 5) is 12.1. The number of halogens is 1. The highest BCUT2D eigenvalue weighted by Crippen LogP contribution is 2.23. The van der Waals surface area contributed by atoms with Crippen LogP contribution in [0.4, 0.5) is 4.39 Å². The van der Waals surface area contributed by atoms with Gasteiger partial charge in [-0.2, -0.15) is 12.7 Å². The molecule has 1 amide bonds. The molecule has 0 radical (unpaired) electrons. The predicted octanol–water partition coefficient (Wildman–Crippen LogP) is -0.163. The third-order valence-corrected chi connectivity index (χ3v) is 5.78. The second-order valence-corrected chi connectivity index (χ2v) is 7.70. The van der Waals surface area contributed by atoms with Gasteiger partial charge < -0.3 is 10.6 Å². The molecule has 0 aliphatic carbocycles. The average molecular weight is 368 g/mol. The molecule has 0 bridgehead atoms. The van der Waals surface area contributed by atoms with Crippen LogP contribution in [0, 0.1) is 5.82 Å². The summed E-state index contributed by atoms with van der Waals surface area (Å²) in [5.41, 5.74) is 1.84. The molecule has 9 heteroatoms. The van der Waals surface area contributed by atoms with Gasteiger partial charge in [0.05, 0.1) is 0 Å². The van der Waals surface area contributed by atoms with E-state index in [0.717, 1.165) is 17.7 Å². The monoisotopic (exact) mass is 368 g/mol. The molecule has 1 fully saturated rings. The Morgan fingerprint density at radius 3 is 2.60 bits per heavy atom. The maximum Gasteiger partial charge on any atom is 0.304 e. The molecule has 0 saturated carbocycles. The van der Waals surface area contributed by atoms with E-state index in [9.17, 15) is 17.6 Å². The third-order valence-electron chi connectivity index (χ3n) is 4.31. The maximum atomic E-state index is 13.0. The minimum atomic E-state index is -3.88. The van der Waals surface area contributed by atoms with Gasteiger partial charge in [-0.05, 0) is 29.7 Å². The van der Waals surface area contributed by atoms with Crippen molar-refractivity contribution in [1.29, 1.82) is 0 Å². The molecule has 1 aromatic rings. The van der Waals surface area contributed by atoms with Crippen molar-refractivity contribution in [3.63, 3.8) is 0 Å². The lowest BCUT2D eigenvalue weighted by Crippen LogP contribution is -2.58. The van der Waals surface area contributed by atoms with E-state index in [1.54, 1.807) is 18.2 Å². The SMILES string of the molecule is O=C(NS(=O)(=O)N1CC=C(c2ccc(F)cc2)CC1)[C@H]1CNCCN1. The standard InChI is InChI=1S/C16H21FN4O3S/c17-14-3-1-12(2-4-14)13-5-9-21(10-6-13)25(23,24)20-16(22)15-11-18-7-8-19-15/h1-5,15,18-19H,6-11H2,(H,20,22)/t15-/m1/s1. The van der Waals surface area contributed by atoms with Crippen LogP contribution in [0.2, 0.25) is 0 Å². The Labute approximate surface area is 146 Å². The van der Waals surface area contributed by atoms with Crippen LogP contribution in [0.15, 0.2) is 30.3 Å². The van der Waals surface area contributed by atoms with Crippen molar-refractivity contribution in [3.05, 3.63) is 41.7 Å². The molecule has 25 heavy (non-hydrogen) atoms. The van der Waals surface area contributed by atoms with Crippen molar-refractivity contribution < 1.29 is 17.6 Å². The van der Waals surface area contributed by atoms with Crippen LogP contribution in [0.25, 0.3) is 5.57 Å². The minimum Gasteiger partial charge on any atom is -0.313 e. The molecule has 1 aromatic carbocycles. The summed E-state index contributed by atoms with van der Waals surface area (Å²) in [6.07, 6.45) is 2.30. The largest absolute Gasteiger partial charge is 0.313 e. The quantitative estimate of drug-likeness (QED) is 0.687. The molecule has 7 nitrogen and oxygen atoms in total. The number of carbonyl (C=O) groups is 1. The first-order chi connectivity index (χ1) is 12.0. The molecule has 2 aliphatic heterocycles. The summed E-state index contributed by atoms with van der Waals surface area (Å²) in [7, 11) is -3.88. The first-order valence-corrected chi connectivity index (χ1v) is 9.60. The van der Waals surface area contributed by atoms with Crippen molar-refractivity contribution >= 4 is 21.7 Å². The predicted molar refractivity (Wildman–Crippen MR) is 92.3 cm³/mol. The van der Waals surface area contributed by atoms with E-state index in [1.165, 1.54) is 16.4 Å². The zero-order valence-electron chi connectivity index (χ0n) is 13.7. The summed E-state index contributed by atoms with van der Waals surface area (Å²) < 4.78 is 41.1. The highest BCUT2D eigenvalue weighted by Gasteiger charge is 2.29. The van der Waals surface area contributed by atoms with Crippen molar-refractivity contribution in [2.24, 2.45) is 0 Å². The van der Waals surface area contributed by atoms with Gasteiger partial charge in [0.2, 0.25) is 0 Å². The average Bonchev–Trinajstić information content (AvgIpc) is 2.63. The van der Waals surface area contributed by atoms with Gasteiger partial charge in [-0.15, -0.1) is 0 Å². The number of hydrogen-bond acceptors (Lipinski definition) is 5. The topological polar surface area (TPSA) is 90.5 Å². The van der Waals surface area contributed by atoms with Gasteiger partial charge in [0.1, 0.15) is 11.9 Å². The molecular formula is C16H21FN4O3S. The molecule has 136 valence electrons. The summed E-state index contributed by atoms with van der Waals surface area (Å²) in [5, 5.41) is 6.02. The van der Waals surface area contributed by atoms with Crippen LogP contribution >= 0.6 is 0 Å². The summed E-state index contributed by atoms with van der Waals surface area (Å²) in [5.74, 6) is -0.863. The van der Waals surface area contributed by atoms with Gasteiger partial charge in [-0.3, -0.25) is 4.79 Å². The fraction of sp³-hybridized carbons (Fsp3) is 0.438. The number of benzene rings is 1. The first kappa shape index (κ1) is 18.0. The van der Waals surface area contributed by atoms with Crippen LogP contribution in [0.3, 0.4) is 0 Å². The molecule has 2 aliphatic rings. The fourth-order valence-corrected chi connectivity index (χ4v) is 4.02. The van der Waals surface area contributed by atoms with Crippen molar-refractivity contribution in [2.75, 3.05) is 32.7 Å². The van der Waals surface area contributed by atoms with Crippen LogP contribution in [-0.2, 0) is 15.0 Å². The van der Waals surface area contributed by atoms with E-state index in [2.05, 4.69) is 15.4 Å². The lowest BCUT2D eigenvalue weighted by Gasteiger charge is -2.28. The van der Waals surface area contributed by atoms with Gasteiger partial charge in [-0.1, -0.05) is 18.2 Å². The van der Waals surface area contributed by atoms with Crippen LogP contribution < -0.4 is 15.4 Å². The van der Waals surface area contributed by atoms with Gasteiger partial charge in [0.15, 0.2) is 0 Å². The van der Waals surface area contributed by atoms with E-state index < -0.39 is 22.2 Å². The normalized spacial score (nSPS) is 22.3. The van der Waals surface area contributed by atoms with Gasteiger partial charge in [0.25, 0.3) is 5.91 Å². The van der Waals surface area contributed by atoms with Gasteiger partial charge >= 0.3 is 10.2 Å². The number of hydrogen-bond donors (Lipinski definition) is 3. The molecule has 0 aromatic heterocycles. The smallest absolute Gasteiger partial charge is 0.304 e. The van der Waals surface area contributed by atoms with E-state index in [1.807, 2.05) is 0 Å². The molecular weight excluding hydrogens is 347 g/mol. The Hall–Kier alpha value is -1.81. The Morgan fingerprint density at radius 1 is 1.24 bits per heavy atom. The van der Waals surface area contributed by atoms with Crippen LogP contribution in [0.1, 0.15) is 12.0 Å². The highest BCUT2D eigenvalue weighted by molar-refractivity contribution is 7.87. The maximum absolute atomic E-state index is 13.0. The highest BCUT2D eigenvalue weighted by atomic mass is 32.2. The van der Waals surface area contributed by atoms with Crippen LogP contribution in [-0.4, -0.2) is 57.4 Å². The molecule has 0 spiro atoms. The van der Waals surface area contributed by atoms with Crippen molar-refractivity contribution in [3.8, 4) is 0 Å². The molecule has 1 saturated heterocycles. The molecule has 0 unspecified atom stereocenters. The summed E-state index contributed by atoms with van der Waals surface area (Å²) in [6, 6.07) is 5.55. The molecule has 1 atom stereocenters. The Kier molecular flexibility index (Phi) is 5.48. The fourth-order valence-electron chi connectivity index (χ4n) is 2.90. The van der Waals surface area contributed by atoms with E-state index >= 15 is 0 Å². The third kappa shape index (κ3) is 4.43. The summed E-state index contributed by atoms with van der Waals surface area (Å²) in [6.45, 7) is 2.20. The minimum absolute atomic E-state index is 0.172. The zero-order chi connectivity index (χ0) is 17.9. The number of rotatable bonds is 4. The second kappa shape index (κ2) is 7.61. The summed E-state index contributed by atoms with van der Waals surface area (Å²) >= 11 is 0. The molecule has 3 N–H and O–H groups in total. The van der Waals surface area contributed by atoms with E-state index in [-0.39, 0.29) is 18.9 Å². The van der Waals surface area contributed by atoms with Crippen LogP contribution in [0.5, 0.6) is 0 Å². The Balaban J connectivity index is 1.62. The number of amides is 1. The Morgan fingerprint density at radius 2 is 2.00 bits per heavy atom.